The minimum Gasteiger partial charge on any atom is -0.461 e. The molecular weight excluding hydrogens is 390 g/mol. The molecule has 0 aromatic carbocycles. The highest BCUT2D eigenvalue weighted by atomic mass is 31.0. The predicted molar refractivity (Wildman–Crippen MR) is 104 cm³/mol. The van der Waals surface area contributed by atoms with Crippen LogP contribution in [0.2, 0.25) is 0 Å². The van der Waals surface area contributed by atoms with Crippen molar-refractivity contribution in [1.82, 2.24) is 19.5 Å². The van der Waals surface area contributed by atoms with Crippen molar-refractivity contribution in [3.8, 4) is 0 Å². The van der Waals surface area contributed by atoms with Crippen molar-refractivity contribution in [2.45, 2.75) is 46.1 Å². The first-order valence-corrected chi connectivity index (χ1v) is 9.13. The first kappa shape index (κ1) is 18.3. The molecule has 0 saturated carbocycles. The molecule has 0 amide bonds. The molecule has 0 saturated heterocycles. The minimum atomic E-state index is -0.682. The Balaban J connectivity index is 2.04. The fourth-order valence-electron chi connectivity index (χ4n) is 2.27. The van der Waals surface area contributed by atoms with Crippen molar-refractivity contribution >= 4 is 41.0 Å². The highest BCUT2D eigenvalue weighted by molar-refractivity contribution is 7.04. The molecule has 2 aromatic heterocycles. The van der Waals surface area contributed by atoms with Gasteiger partial charge >= 0.3 is 5.97 Å². The summed E-state index contributed by atoms with van der Waals surface area (Å²) < 4.78 is 34.6. The summed E-state index contributed by atoms with van der Waals surface area (Å²) in [6, 6.07) is -0.682. The van der Waals surface area contributed by atoms with E-state index in [4.69, 9.17) is 12.0 Å². The number of H-pyrrole nitrogens is 1. The Hall–Kier alpha value is -2.02. The number of carbonyl (C=O) groups excluding carboxylic acids is 1. The van der Waals surface area contributed by atoms with Gasteiger partial charge in [-0.25, -0.2) is 9.78 Å². The number of hydrogen-bond donors (Lipinski definition) is 1. The summed E-state index contributed by atoms with van der Waals surface area (Å²) in [5, 5.41) is 0. The lowest BCUT2D eigenvalue weighted by atomic mass is 10.1. The summed E-state index contributed by atoms with van der Waals surface area (Å²) in [7, 11) is 0.00845. The van der Waals surface area contributed by atoms with Crippen molar-refractivity contribution < 1.29 is 14.3 Å². The van der Waals surface area contributed by atoms with E-state index in [1.807, 2.05) is 20.8 Å². The maximum Gasteiger partial charge on any atom is 0.331 e. The van der Waals surface area contributed by atoms with E-state index in [2.05, 4.69) is 24.4 Å². The molecule has 1 N–H and O–H groups in total. The lowest BCUT2D eigenvalue weighted by Gasteiger charge is -2.19. The maximum absolute atomic E-state index is 12.2. The molecule has 12 heteroatoms. The molecule has 0 spiro atoms. The Kier molecular flexibility index (Phi) is 6.65. The third-order valence-electron chi connectivity index (χ3n) is 3.87. The summed E-state index contributed by atoms with van der Waals surface area (Å²) in [5.74, 6) is -0.506. The number of aromatic amines is 1. The molecule has 0 radical (unpaired) electrons. The van der Waals surface area contributed by atoms with Crippen molar-refractivity contribution in [1.29, 1.82) is 2.56 Å². The summed E-state index contributed by atoms with van der Waals surface area (Å²) in [6.45, 7) is 5.67. The first-order valence-electron chi connectivity index (χ1n) is 9.23. The molecule has 0 fully saturated rings. The molecule has 27 heavy (non-hydrogen) atoms. The molecule has 0 aliphatic heterocycles. The van der Waals surface area contributed by atoms with Gasteiger partial charge in [0.05, 0.1) is 12.4 Å². The number of esters is 1. The Labute approximate surface area is 162 Å². The Morgan fingerprint density at radius 1 is 1.59 bits per heavy atom. The molecule has 2 aromatic rings. The van der Waals surface area contributed by atoms with E-state index < -0.39 is 17.6 Å². The fourth-order valence-corrected chi connectivity index (χ4v) is 2.72. The van der Waals surface area contributed by atoms with Crippen LogP contribution in [0.4, 0.5) is 5.95 Å². The average molecular weight is 415 g/mol. The Bertz CT molecular complexity index is 949. The molecule has 0 aliphatic carbocycles. The van der Waals surface area contributed by atoms with Gasteiger partial charge in [0.25, 0.3) is 5.56 Å². The molecule has 2 rings (SSSR count). The van der Waals surface area contributed by atoms with Crippen LogP contribution >= 0.6 is 18.0 Å². The second-order valence-electron chi connectivity index (χ2n) is 6.14. The van der Waals surface area contributed by atoms with Gasteiger partial charge < -0.3 is 9.47 Å². The van der Waals surface area contributed by atoms with Gasteiger partial charge in [0, 0.05) is 0 Å². The van der Waals surface area contributed by atoms with Gasteiger partial charge in [-0.2, -0.15) is 9.73 Å². The zero-order valence-corrected chi connectivity index (χ0v) is 17.0. The van der Waals surface area contributed by atoms with Crippen LogP contribution < -0.4 is 5.56 Å². The van der Waals surface area contributed by atoms with Gasteiger partial charge in [-0.1, -0.05) is 20.8 Å². The van der Waals surface area contributed by atoms with Crippen molar-refractivity contribution in [3.05, 3.63) is 16.7 Å². The summed E-state index contributed by atoms with van der Waals surface area (Å²) in [5.41, 5.74) is -0.0185. The predicted octanol–water partition coefficient (Wildman–Crippen LogP) is 2.72. The van der Waals surface area contributed by atoms with E-state index in [9.17, 15) is 9.59 Å². The van der Waals surface area contributed by atoms with E-state index >= 15 is 0 Å². The second-order valence-corrected chi connectivity index (χ2v) is 6.57. The molecule has 0 aliphatic rings. The molecule has 1 unspecified atom stereocenters. The van der Waals surface area contributed by atoms with Crippen LogP contribution in [-0.4, -0.2) is 46.8 Å². The van der Waals surface area contributed by atoms with Gasteiger partial charge in [0.2, 0.25) is 5.95 Å². The third-order valence-corrected chi connectivity index (χ3v) is 4.31. The van der Waals surface area contributed by atoms with Gasteiger partial charge in [0.1, 0.15) is 15.9 Å². The molecule has 146 valence electrons. The number of hydrogen-bond acceptors (Lipinski definition) is 8. The first-order chi connectivity index (χ1) is 13.9. The van der Waals surface area contributed by atoms with Crippen LogP contribution in [0.25, 0.3) is 11.2 Å². The van der Waals surface area contributed by atoms with Crippen molar-refractivity contribution in [3.63, 3.8) is 0 Å². The number of nitrogens with zero attached hydrogens (tertiary/aromatic N) is 5. The number of imidazole rings is 1. The molecular formula is C15H22N6O4P2. The Morgan fingerprint density at radius 3 is 3.07 bits per heavy atom. The Morgan fingerprint density at radius 2 is 2.41 bits per heavy atom. The third kappa shape index (κ3) is 5.25. The normalized spacial score (nSPS) is 15.4. The number of aromatic nitrogens is 4. The minimum absolute atomic E-state index is 0.0280. The standard InChI is InChI=1S/C15H22N6O4P2/c1-4-9(5-24-14(23)10(19-26)8(2)3)25-7-21-6-16-11-12(21)17-15(20-27)18-13(11)22/h6,8-10,26-27H,4-5,7H2,1-3H3,(H,17,18,22)/t9?,10-/m0/s1/i26D,27T. The van der Waals surface area contributed by atoms with Gasteiger partial charge in [0.15, 0.2) is 17.2 Å². The second kappa shape index (κ2) is 9.78. The summed E-state index contributed by atoms with van der Waals surface area (Å²) in [6.07, 6.45) is 1.64. The maximum atomic E-state index is 12.2. The van der Waals surface area contributed by atoms with Crippen LogP contribution in [0.5, 0.6) is 0 Å². The van der Waals surface area contributed by atoms with Gasteiger partial charge in [-0.15, -0.1) is 0 Å². The van der Waals surface area contributed by atoms with Gasteiger partial charge in [-0.3, -0.25) is 19.1 Å². The van der Waals surface area contributed by atoms with Crippen LogP contribution in [0.1, 0.15) is 27.2 Å². The number of nitrogens with one attached hydrogen (secondary N) is 1. The summed E-state index contributed by atoms with van der Waals surface area (Å²) in [4.78, 5) is 34.9. The van der Waals surface area contributed by atoms with Crippen LogP contribution in [-0.2, 0) is 21.0 Å². The lowest BCUT2D eigenvalue weighted by molar-refractivity contribution is -0.151. The van der Waals surface area contributed by atoms with Crippen molar-refractivity contribution in [2.75, 3.05) is 6.61 Å². The fraction of sp³-hybridized carbons (Fsp3) is 0.600. The van der Waals surface area contributed by atoms with E-state index in [0.717, 1.165) is 0 Å². The van der Waals surface area contributed by atoms with E-state index in [-0.39, 0.29) is 60.4 Å². The number of carbonyl (C=O) groups is 1. The van der Waals surface area contributed by atoms with Crippen LogP contribution in [0.15, 0.2) is 20.6 Å². The summed E-state index contributed by atoms with van der Waals surface area (Å²) >= 11 is 0. The van der Waals surface area contributed by atoms with E-state index in [0.29, 0.717) is 6.42 Å². The number of ether oxygens (including phenoxy) is 2. The topological polar surface area (TPSA) is 124 Å². The highest BCUT2D eigenvalue weighted by Gasteiger charge is 2.23. The van der Waals surface area contributed by atoms with Crippen LogP contribution in [0.3, 0.4) is 0 Å². The SMILES string of the molecule is [2H]P=N[C@H](C(=O)OCC(CC)OCn1cnc2c(=O)[nH]c(N=P[3H])nc21)C(C)C. The zero-order chi connectivity index (χ0) is 21.4. The monoisotopic (exact) mass is 415 g/mol. The number of fused-ring (bicyclic) bond motifs is 1. The quantitative estimate of drug-likeness (QED) is 0.470. The molecule has 0 bridgehead atoms. The zero-order valence-electron chi connectivity index (χ0n) is 17.2. The molecule has 10 nitrogen and oxygen atoms in total. The smallest absolute Gasteiger partial charge is 0.331 e. The van der Waals surface area contributed by atoms with E-state index in [1.165, 1.54) is 6.33 Å². The highest BCUT2D eigenvalue weighted by Crippen LogP contribution is 2.13. The average Bonchev–Trinajstić information content (AvgIpc) is 3.09. The molecule has 2 heterocycles. The number of rotatable bonds is 10. The van der Waals surface area contributed by atoms with Gasteiger partial charge in [-0.05, 0) is 30.3 Å². The largest absolute Gasteiger partial charge is 0.461 e. The lowest BCUT2D eigenvalue weighted by Crippen LogP contribution is -2.30. The van der Waals surface area contributed by atoms with E-state index in [1.54, 1.807) is 4.57 Å². The van der Waals surface area contributed by atoms with Crippen molar-refractivity contribution in [2.24, 2.45) is 15.4 Å². The van der Waals surface area contributed by atoms with Crippen LogP contribution in [0, 0.1) is 5.92 Å². The molecule has 2 atom stereocenters.